The highest BCUT2D eigenvalue weighted by Gasteiger charge is 2.31. The fourth-order valence-electron chi connectivity index (χ4n) is 1.70. The van der Waals surface area contributed by atoms with Crippen LogP contribution in [0.25, 0.3) is 0 Å². The van der Waals surface area contributed by atoms with Crippen molar-refractivity contribution in [3.8, 4) is 11.5 Å². The summed E-state index contributed by atoms with van der Waals surface area (Å²) < 4.78 is 45.0. The molecule has 1 atom stereocenters. The first-order chi connectivity index (χ1) is 9.90. The van der Waals surface area contributed by atoms with Crippen LogP contribution in [0.2, 0.25) is 0 Å². The van der Waals surface area contributed by atoms with E-state index in [0.717, 1.165) is 12.1 Å². The topological polar surface area (TPSA) is 64.5 Å². The van der Waals surface area contributed by atoms with E-state index in [1.165, 1.54) is 31.8 Å². The Kier molecular flexibility index (Phi) is 4.27. The standard InChI is InChI=1S/C13H11F3N2O3/c1-20-10-6-17-7-18-11(10)12(19)8-2-4-9(5-3-8)21-13(14,15)16/h2-7,12,19H,1H3. The van der Waals surface area contributed by atoms with Gasteiger partial charge in [0.1, 0.15) is 23.9 Å². The van der Waals surface area contributed by atoms with Gasteiger partial charge >= 0.3 is 6.36 Å². The molecule has 2 rings (SSSR count). The Morgan fingerprint density at radius 2 is 1.86 bits per heavy atom. The van der Waals surface area contributed by atoms with E-state index in [0.29, 0.717) is 5.56 Å². The Bertz CT molecular complexity index is 602. The molecule has 0 spiro atoms. The molecule has 8 heteroatoms. The van der Waals surface area contributed by atoms with E-state index < -0.39 is 12.5 Å². The summed E-state index contributed by atoms with van der Waals surface area (Å²) in [6.45, 7) is 0. The molecule has 2 aromatic rings. The first-order valence-electron chi connectivity index (χ1n) is 5.78. The molecule has 1 unspecified atom stereocenters. The summed E-state index contributed by atoms with van der Waals surface area (Å²) in [6, 6.07) is 4.85. The van der Waals surface area contributed by atoms with Crippen molar-refractivity contribution in [2.75, 3.05) is 7.11 Å². The van der Waals surface area contributed by atoms with Gasteiger partial charge in [0, 0.05) is 0 Å². The van der Waals surface area contributed by atoms with Gasteiger partial charge in [-0.05, 0) is 17.7 Å². The average Bonchev–Trinajstić information content (AvgIpc) is 2.45. The molecule has 5 nitrogen and oxygen atoms in total. The number of hydrogen-bond donors (Lipinski definition) is 1. The van der Waals surface area contributed by atoms with E-state index in [1.807, 2.05) is 0 Å². The lowest BCUT2D eigenvalue weighted by molar-refractivity contribution is -0.274. The van der Waals surface area contributed by atoms with E-state index in [1.54, 1.807) is 0 Å². The van der Waals surface area contributed by atoms with E-state index in [2.05, 4.69) is 14.7 Å². The minimum Gasteiger partial charge on any atom is -0.493 e. The summed E-state index contributed by atoms with van der Waals surface area (Å²) in [5, 5.41) is 10.2. The number of methoxy groups -OCH3 is 1. The van der Waals surface area contributed by atoms with E-state index in [-0.39, 0.29) is 17.2 Å². The number of hydrogen-bond acceptors (Lipinski definition) is 5. The van der Waals surface area contributed by atoms with Gasteiger partial charge in [-0.15, -0.1) is 13.2 Å². The summed E-state index contributed by atoms with van der Waals surface area (Å²) in [7, 11) is 1.40. The third-order valence-electron chi connectivity index (χ3n) is 2.62. The second-order valence-corrected chi connectivity index (χ2v) is 4.00. The Morgan fingerprint density at radius 3 is 2.43 bits per heavy atom. The van der Waals surface area contributed by atoms with Crippen molar-refractivity contribution in [3.63, 3.8) is 0 Å². The van der Waals surface area contributed by atoms with Gasteiger partial charge in [0.25, 0.3) is 0 Å². The molecular formula is C13H11F3N2O3. The number of aliphatic hydroxyl groups excluding tert-OH is 1. The zero-order chi connectivity index (χ0) is 15.5. The van der Waals surface area contributed by atoms with E-state index >= 15 is 0 Å². The summed E-state index contributed by atoms with van der Waals surface area (Å²) in [5.41, 5.74) is 0.568. The first-order valence-corrected chi connectivity index (χ1v) is 5.78. The lowest BCUT2D eigenvalue weighted by atomic mass is 10.1. The van der Waals surface area contributed by atoms with Crippen LogP contribution in [0.1, 0.15) is 17.4 Å². The van der Waals surface area contributed by atoms with Crippen molar-refractivity contribution in [1.29, 1.82) is 0 Å². The first kappa shape index (κ1) is 15.0. The summed E-state index contributed by atoms with van der Waals surface area (Å²) in [4.78, 5) is 7.66. The molecule has 0 aliphatic rings. The van der Waals surface area contributed by atoms with Crippen LogP contribution in [0, 0.1) is 0 Å². The molecule has 1 N–H and O–H groups in total. The average molecular weight is 300 g/mol. The van der Waals surface area contributed by atoms with Crippen molar-refractivity contribution in [1.82, 2.24) is 9.97 Å². The Morgan fingerprint density at radius 1 is 1.19 bits per heavy atom. The summed E-state index contributed by atoms with van der Waals surface area (Å²) in [5.74, 6) is -0.0891. The van der Waals surface area contributed by atoms with Gasteiger partial charge in [-0.25, -0.2) is 9.97 Å². The number of rotatable bonds is 4. The maximum atomic E-state index is 12.1. The van der Waals surface area contributed by atoms with Crippen molar-refractivity contribution in [3.05, 3.63) is 48.0 Å². The Hall–Kier alpha value is -2.35. The maximum absolute atomic E-state index is 12.1. The lowest BCUT2D eigenvalue weighted by Crippen LogP contribution is -2.17. The predicted octanol–water partition coefficient (Wildman–Crippen LogP) is 2.47. The molecule has 21 heavy (non-hydrogen) atoms. The van der Waals surface area contributed by atoms with Crippen LogP contribution in [0.4, 0.5) is 13.2 Å². The quantitative estimate of drug-likeness (QED) is 0.939. The third-order valence-corrected chi connectivity index (χ3v) is 2.62. The minimum absolute atomic E-state index is 0.219. The molecule has 112 valence electrons. The molecular weight excluding hydrogens is 289 g/mol. The molecule has 0 aliphatic carbocycles. The highest BCUT2D eigenvalue weighted by atomic mass is 19.4. The largest absolute Gasteiger partial charge is 0.573 e. The molecule has 0 aliphatic heterocycles. The molecule has 0 bridgehead atoms. The molecule has 0 saturated carbocycles. The smallest absolute Gasteiger partial charge is 0.493 e. The molecule has 1 heterocycles. The van der Waals surface area contributed by atoms with Crippen LogP contribution in [-0.4, -0.2) is 28.5 Å². The van der Waals surface area contributed by atoms with E-state index in [9.17, 15) is 18.3 Å². The van der Waals surface area contributed by atoms with Crippen molar-refractivity contribution in [2.24, 2.45) is 0 Å². The van der Waals surface area contributed by atoms with Crippen molar-refractivity contribution >= 4 is 0 Å². The highest BCUT2D eigenvalue weighted by molar-refractivity contribution is 5.36. The number of benzene rings is 1. The molecule has 1 aromatic heterocycles. The zero-order valence-corrected chi connectivity index (χ0v) is 10.8. The maximum Gasteiger partial charge on any atom is 0.573 e. The Labute approximate surface area is 118 Å². The third kappa shape index (κ3) is 3.82. The molecule has 0 radical (unpaired) electrons. The van der Waals surface area contributed by atoms with Crippen LogP contribution in [0.3, 0.4) is 0 Å². The van der Waals surface area contributed by atoms with Crippen LogP contribution >= 0.6 is 0 Å². The van der Waals surface area contributed by atoms with Crippen LogP contribution < -0.4 is 9.47 Å². The van der Waals surface area contributed by atoms with Gasteiger partial charge in [-0.3, -0.25) is 0 Å². The highest BCUT2D eigenvalue weighted by Crippen LogP contribution is 2.29. The van der Waals surface area contributed by atoms with Gasteiger partial charge in [-0.1, -0.05) is 12.1 Å². The lowest BCUT2D eigenvalue weighted by Gasteiger charge is -2.14. The van der Waals surface area contributed by atoms with E-state index in [4.69, 9.17) is 4.74 Å². The predicted molar refractivity (Wildman–Crippen MR) is 65.8 cm³/mol. The van der Waals surface area contributed by atoms with Crippen LogP contribution in [-0.2, 0) is 0 Å². The van der Waals surface area contributed by atoms with Gasteiger partial charge < -0.3 is 14.6 Å². The van der Waals surface area contributed by atoms with Crippen LogP contribution in [0.5, 0.6) is 11.5 Å². The summed E-state index contributed by atoms with van der Waals surface area (Å²) >= 11 is 0. The molecule has 0 amide bonds. The van der Waals surface area contributed by atoms with Gasteiger partial charge in [0.05, 0.1) is 13.3 Å². The van der Waals surface area contributed by atoms with Gasteiger partial charge in [0.15, 0.2) is 5.75 Å². The number of aliphatic hydroxyl groups is 1. The monoisotopic (exact) mass is 300 g/mol. The minimum atomic E-state index is -4.75. The molecule has 0 fully saturated rings. The fraction of sp³-hybridized carbons (Fsp3) is 0.231. The van der Waals surface area contributed by atoms with Gasteiger partial charge in [0.2, 0.25) is 0 Å². The SMILES string of the molecule is COc1cncnc1C(O)c1ccc(OC(F)(F)F)cc1. The Balaban J connectivity index is 2.22. The molecule has 0 saturated heterocycles. The normalized spacial score (nSPS) is 12.8. The second-order valence-electron chi connectivity index (χ2n) is 4.00. The number of halogens is 3. The fourth-order valence-corrected chi connectivity index (χ4v) is 1.70. The number of alkyl halides is 3. The number of nitrogens with zero attached hydrogens (tertiary/aromatic N) is 2. The van der Waals surface area contributed by atoms with Crippen molar-refractivity contribution < 1.29 is 27.8 Å². The van der Waals surface area contributed by atoms with Crippen molar-refractivity contribution in [2.45, 2.75) is 12.5 Å². The van der Waals surface area contributed by atoms with Gasteiger partial charge in [-0.2, -0.15) is 0 Å². The second kappa shape index (κ2) is 5.96. The zero-order valence-electron chi connectivity index (χ0n) is 10.8. The number of aromatic nitrogens is 2. The van der Waals surface area contributed by atoms with Crippen LogP contribution in [0.15, 0.2) is 36.8 Å². The molecule has 1 aromatic carbocycles. The number of ether oxygens (including phenoxy) is 2. The summed E-state index contributed by atoms with van der Waals surface area (Å²) in [6.07, 6.45) is -3.28.